The van der Waals surface area contributed by atoms with Gasteiger partial charge in [-0.1, -0.05) is 30.3 Å². The zero-order chi connectivity index (χ0) is 17.9. The van der Waals surface area contributed by atoms with Crippen LogP contribution in [0.2, 0.25) is 0 Å². The van der Waals surface area contributed by atoms with Crippen LogP contribution < -0.4 is 26.3 Å². The molecule has 1 heterocycles. The van der Waals surface area contributed by atoms with Crippen molar-refractivity contribution in [3.8, 4) is 5.75 Å². The number of carbonyl (C=O) groups is 1. The SMILES string of the molecule is COc1ccc2c(c1)CC(=Cc1cc[n+](Cc3ccccc3)cc1)C2=O.[Br-]. The highest BCUT2D eigenvalue weighted by Crippen LogP contribution is 2.30. The van der Waals surface area contributed by atoms with Crippen molar-refractivity contribution < 1.29 is 31.1 Å². The molecule has 0 saturated heterocycles. The van der Waals surface area contributed by atoms with Gasteiger partial charge < -0.3 is 21.7 Å². The molecule has 136 valence electrons. The van der Waals surface area contributed by atoms with E-state index in [9.17, 15) is 4.79 Å². The third-order valence-electron chi connectivity index (χ3n) is 4.70. The summed E-state index contributed by atoms with van der Waals surface area (Å²) in [6.45, 7) is 0.835. The van der Waals surface area contributed by atoms with Crippen LogP contribution in [-0.4, -0.2) is 12.9 Å². The van der Waals surface area contributed by atoms with Crippen molar-refractivity contribution in [3.05, 3.63) is 101 Å². The van der Waals surface area contributed by atoms with Gasteiger partial charge in [-0.15, -0.1) is 0 Å². The second kappa shape index (κ2) is 8.31. The van der Waals surface area contributed by atoms with Gasteiger partial charge in [-0.25, -0.2) is 4.57 Å². The predicted molar refractivity (Wildman–Crippen MR) is 101 cm³/mol. The number of benzene rings is 2. The highest BCUT2D eigenvalue weighted by Gasteiger charge is 2.25. The van der Waals surface area contributed by atoms with E-state index < -0.39 is 0 Å². The largest absolute Gasteiger partial charge is 1.00 e. The number of fused-ring (bicyclic) bond motifs is 1. The maximum Gasteiger partial charge on any atom is 0.189 e. The summed E-state index contributed by atoms with van der Waals surface area (Å²) in [7, 11) is 1.64. The number of hydrogen-bond donors (Lipinski definition) is 0. The minimum atomic E-state index is 0. The zero-order valence-electron chi connectivity index (χ0n) is 15.1. The molecule has 3 aromatic rings. The number of methoxy groups -OCH3 is 1. The molecule has 0 atom stereocenters. The summed E-state index contributed by atoms with van der Waals surface area (Å²) in [5.41, 5.74) is 4.95. The molecule has 3 nitrogen and oxygen atoms in total. The van der Waals surface area contributed by atoms with Crippen LogP contribution in [-0.2, 0) is 13.0 Å². The van der Waals surface area contributed by atoms with Gasteiger partial charge in [0.1, 0.15) is 5.75 Å². The average Bonchev–Trinajstić information content (AvgIpc) is 2.99. The van der Waals surface area contributed by atoms with E-state index in [0.29, 0.717) is 6.42 Å². The molecule has 0 fully saturated rings. The molecular weight excluding hydrogens is 402 g/mol. The van der Waals surface area contributed by atoms with E-state index in [1.165, 1.54) is 5.56 Å². The Balaban J connectivity index is 0.00000210. The number of Topliss-reactive ketones (excluding diaryl/α,β-unsaturated/α-hetero) is 1. The number of ketones is 1. The summed E-state index contributed by atoms with van der Waals surface area (Å²) >= 11 is 0. The Morgan fingerprint density at radius 3 is 2.48 bits per heavy atom. The molecule has 0 unspecified atom stereocenters. The molecule has 0 bridgehead atoms. The molecule has 0 amide bonds. The minimum Gasteiger partial charge on any atom is -1.00 e. The lowest BCUT2D eigenvalue weighted by Crippen LogP contribution is -3.00. The Morgan fingerprint density at radius 1 is 1.04 bits per heavy atom. The van der Waals surface area contributed by atoms with Crippen molar-refractivity contribution in [1.29, 1.82) is 0 Å². The molecule has 0 spiro atoms. The third kappa shape index (κ3) is 4.17. The molecule has 4 rings (SSSR count). The van der Waals surface area contributed by atoms with Gasteiger partial charge in [-0.3, -0.25) is 4.79 Å². The fraction of sp³-hybridized carbons (Fsp3) is 0.130. The van der Waals surface area contributed by atoms with Crippen LogP contribution in [0.5, 0.6) is 5.75 Å². The molecule has 4 heteroatoms. The second-order valence-electron chi connectivity index (χ2n) is 6.49. The lowest BCUT2D eigenvalue weighted by atomic mass is 10.1. The summed E-state index contributed by atoms with van der Waals surface area (Å²) in [5, 5.41) is 0. The van der Waals surface area contributed by atoms with E-state index in [-0.39, 0.29) is 22.8 Å². The maximum atomic E-state index is 12.6. The first kappa shape index (κ1) is 19.1. The van der Waals surface area contributed by atoms with E-state index in [1.807, 2.05) is 54.6 Å². The summed E-state index contributed by atoms with van der Waals surface area (Å²) in [5.74, 6) is 0.906. The van der Waals surface area contributed by atoms with Gasteiger partial charge in [-0.05, 0) is 35.4 Å². The maximum absolute atomic E-state index is 12.6. The predicted octanol–water partition coefficient (Wildman–Crippen LogP) is 0.857. The Morgan fingerprint density at radius 2 is 1.78 bits per heavy atom. The van der Waals surface area contributed by atoms with E-state index in [4.69, 9.17) is 4.74 Å². The van der Waals surface area contributed by atoms with Gasteiger partial charge >= 0.3 is 0 Å². The normalized spacial score (nSPS) is 14.0. The summed E-state index contributed by atoms with van der Waals surface area (Å²) in [4.78, 5) is 12.6. The number of aromatic nitrogens is 1. The number of halogens is 1. The van der Waals surface area contributed by atoms with E-state index >= 15 is 0 Å². The number of carbonyl (C=O) groups excluding carboxylic acids is 1. The Labute approximate surface area is 169 Å². The molecule has 0 aliphatic heterocycles. The van der Waals surface area contributed by atoms with E-state index in [1.54, 1.807) is 7.11 Å². The van der Waals surface area contributed by atoms with Crippen LogP contribution in [0, 0.1) is 0 Å². The third-order valence-corrected chi connectivity index (χ3v) is 4.70. The topological polar surface area (TPSA) is 30.2 Å². The molecule has 1 aliphatic carbocycles. The Bertz CT molecular complexity index is 979. The molecule has 0 radical (unpaired) electrons. The monoisotopic (exact) mass is 421 g/mol. The standard InChI is InChI=1S/C23H20NO2.BrH/c1-26-21-7-8-22-19(15-21)14-20(23(22)25)13-17-9-11-24(12-10-17)16-18-5-3-2-4-6-18;/h2-13,15H,14,16H2,1H3;1H/q+1;/p-1. The van der Waals surface area contributed by atoms with Gasteiger partial charge in [0.05, 0.1) is 7.11 Å². The summed E-state index contributed by atoms with van der Waals surface area (Å²) in [6, 6.07) is 20.1. The van der Waals surface area contributed by atoms with Crippen molar-refractivity contribution in [3.63, 3.8) is 0 Å². The van der Waals surface area contributed by atoms with Crippen molar-refractivity contribution >= 4 is 11.9 Å². The van der Waals surface area contributed by atoms with Crippen molar-refractivity contribution in [2.75, 3.05) is 7.11 Å². The average molecular weight is 422 g/mol. The van der Waals surface area contributed by atoms with Gasteiger partial charge in [-0.2, -0.15) is 0 Å². The Kier molecular flexibility index (Phi) is 5.87. The van der Waals surface area contributed by atoms with Crippen LogP contribution in [0.15, 0.2) is 78.6 Å². The molecule has 2 aromatic carbocycles. The lowest BCUT2D eigenvalue weighted by molar-refractivity contribution is -0.688. The molecular formula is C23H20BrNO2. The smallest absolute Gasteiger partial charge is 0.189 e. The first-order chi connectivity index (χ1) is 12.7. The van der Waals surface area contributed by atoms with Crippen LogP contribution in [0.3, 0.4) is 0 Å². The first-order valence-corrected chi connectivity index (χ1v) is 8.68. The van der Waals surface area contributed by atoms with E-state index in [2.05, 4.69) is 29.1 Å². The number of pyridine rings is 1. The van der Waals surface area contributed by atoms with Crippen molar-refractivity contribution in [2.24, 2.45) is 0 Å². The van der Waals surface area contributed by atoms with Gasteiger partial charge in [0.25, 0.3) is 0 Å². The van der Waals surface area contributed by atoms with Gasteiger partial charge in [0, 0.05) is 35.3 Å². The molecule has 1 aliphatic rings. The number of hydrogen-bond acceptors (Lipinski definition) is 2. The molecule has 1 aromatic heterocycles. The minimum absolute atomic E-state index is 0. The van der Waals surface area contributed by atoms with Crippen LogP contribution >= 0.6 is 0 Å². The quantitative estimate of drug-likeness (QED) is 0.461. The van der Waals surface area contributed by atoms with E-state index in [0.717, 1.165) is 34.6 Å². The summed E-state index contributed by atoms with van der Waals surface area (Å²) < 4.78 is 7.39. The number of nitrogens with zero attached hydrogens (tertiary/aromatic N) is 1. The van der Waals surface area contributed by atoms with Gasteiger partial charge in [0.15, 0.2) is 24.7 Å². The number of ether oxygens (including phenoxy) is 1. The molecule has 0 N–H and O–H groups in total. The van der Waals surface area contributed by atoms with Crippen molar-refractivity contribution in [2.45, 2.75) is 13.0 Å². The van der Waals surface area contributed by atoms with Crippen LogP contribution in [0.1, 0.15) is 27.0 Å². The summed E-state index contributed by atoms with van der Waals surface area (Å²) in [6.07, 6.45) is 6.75. The van der Waals surface area contributed by atoms with Gasteiger partial charge in [0.2, 0.25) is 0 Å². The zero-order valence-corrected chi connectivity index (χ0v) is 16.6. The van der Waals surface area contributed by atoms with Crippen molar-refractivity contribution in [1.82, 2.24) is 0 Å². The number of allylic oxidation sites excluding steroid dienone is 1. The highest BCUT2D eigenvalue weighted by molar-refractivity contribution is 6.15. The molecule has 27 heavy (non-hydrogen) atoms. The Hall–Kier alpha value is -2.72. The fourth-order valence-electron chi connectivity index (χ4n) is 3.31. The lowest BCUT2D eigenvalue weighted by Gasteiger charge is -2.01. The van der Waals surface area contributed by atoms with Crippen LogP contribution in [0.4, 0.5) is 0 Å². The number of rotatable bonds is 4. The fourth-order valence-corrected chi connectivity index (χ4v) is 3.31. The first-order valence-electron chi connectivity index (χ1n) is 8.68. The van der Waals surface area contributed by atoms with Crippen LogP contribution in [0.25, 0.3) is 6.08 Å². The highest BCUT2D eigenvalue weighted by atomic mass is 79.9. The molecule has 0 saturated carbocycles. The second-order valence-corrected chi connectivity index (χ2v) is 6.49.